The number of likely N-dealkylation sites (N-methyl/N-ethyl adjacent to an activating group) is 1. The maximum absolute atomic E-state index is 11.6. The highest BCUT2D eigenvalue weighted by Gasteiger charge is 1.98. The number of hydrogen-bond donors (Lipinski definition) is 1. The Hall–Kier alpha value is -1.42. The van der Waals surface area contributed by atoms with Gasteiger partial charge < -0.3 is 5.32 Å². The maximum Gasteiger partial charge on any atom is 0.244 e. The first-order chi connectivity index (χ1) is 7.72. The highest BCUT2D eigenvalue weighted by Crippen LogP contribution is 2.03. The van der Waals surface area contributed by atoms with Crippen LogP contribution in [-0.2, 0) is 21.3 Å². The van der Waals surface area contributed by atoms with E-state index in [9.17, 15) is 9.00 Å². The molecule has 0 saturated carbocycles. The minimum Gasteiger partial charge on any atom is -0.353 e. The quantitative estimate of drug-likeness (QED) is 0.790. The zero-order chi connectivity index (χ0) is 11.8. The molecule has 1 unspecified atom stereocenters. The molecule has 1 aromatic rings. The fourth-order valence-electron chi connectivity index (χ4n) is 1.16. The van der Waals surface area contributed by atoms with Gasteiger partial charge in [0.15, 0.2) is 0 Å². The molecular weight excluding hydrogens is 222 g/mol. The lowest BCUT2D eigenvalue weighted by atomic mass is 10.2. The van der Waals surface area contributed by atoms with E-state index in [0.29, 0.717) is 12.3 Å². The lowest BCUT2D eigenvalue weighted by molar-refractivity contribution is -0.116. The molecule has 0 fully saturated rings. The molecule has 3 nitrogen and oxygen atoms in total. The first-order valence-corrected chi connectivity index (χ1v) is 6.47. The summed E-state index contributed by atoms with van der Waals surface area (Å²) in [6.07, 6.45) is 1.32. The minimum atomic E-state index is -1.14. The Morgan fingerprint density at radius 1 is 1.38 bits per heavy atom. The molecule has 0 radical (unpaired) electrons. The molecule has 0 bridgehead atoms. The van der Waals surface area contributed by atoms with Crippen LogP contribution in [0, 0.1) is 0 Å². The largest absolute Gasteiger partial charge is 0.353 e. The molecule has 0 spiro atoms. The van der Waals surface area contributed by atoms with Gasteiger partial charge in [-0.05, 0) is 12.5 Å². The summed E-state index contributed by atoms with van der Waals surface area (Å²) in [5, 5.41) is 4.03. The molecule has 0 heterocycles. The highest BCUT2D eigenvalue weighted by atomic mass is 32.2. The van der Waals surface area contributed by atoms with Gasteiger partial charge >= 0.3 is 0 Å². The topological polar surface area (TPSA) is 46.2 Å². The van der Waals surface area contributed by atoms with Crippen molar-refractivity contribution in [3.8, 4) is 0 Å². The predicted octanol–water partition coefficient (Wildman–Crippen LogP) is 1.59. The van der Waals surface area contributed by atoms with Crippen molar-refractivity contribution >= 4 is 16.7 Å². The molecular formula is C12H15NO2S. The van der Waals surface area contributed by atoms with E-state index in [1.165, 1.54) is 11.5 Å². The Balaban J connectivity index is 2.45. The van der Waals surface area contributed by atoms with E-state index in [0.717, 1.165) is 5.56 Å². The van der Waals surface area contributed by atoms with Gasteiger partial charge in [0.1, 0.15) is 0 Å². The summed E-state index contributed by atoms with van der Waals surface area (Å²) in [7, 11) is -1.14. The highest BCUT2D eigenvalue weighted by molar-refractivity contribution is 7.87. The SMILES string of the molecule is CCNC(=O)/C=C\S(=O)Cc1ccccc1. The lowest BCUT2D eigenvalue weighted by Gasteiger charge is -1.97. The molecule has 0 aliphatic heterocycles. The van der Waals surface area contributed by atoms with Gasteiger partial charge in [0, 0.05) is 18.0 Å². The minimum absolute atomic E-state index is 0.205. The second-order valence-electron chi connectivity index (χ2n) is 3.21. The molecule has 0 aliphatic carbocycles. The van der Waals surface area contributed by atoms with Crippen LogP contribution in [0.3, 0.4) is 0 Å². The van der Waals surface area contributed by atoms with E-state index in [2.05, 4.69) is 5.32 Å². The van der Waals surface area contributed by atoms with Crippen LogP contribution in [-0.4, -0.2) is 16.7 Å². The van der Waals surface area contributed by atoms with Crippen LogP contribution >= 0.6 is 0 Å². The third kappa shape index (κ3) is 4.89. The number of amides is 1. The van der Waals surface area contributed by atoms with Crippen molar-refractivity contribution in [3.63, 3.8) is 0 Å². The van der Waals surface area contributed by atoms with Crippen LogP contribution < -0.4 is 5.32 Å². The second-order valence-corrected chi connectivity index (χ2v) is 4.53. The molecule has 1 aromatic carbocycles. The van der Waals surface area contributed by atoms with Gasteiger partial charge in [-0.25, -0.2) is 0 Å². The van der Waals surface area contributed by atoms with Crippen molar-refractivity contribution in [3.05, 3.63) is 47.4 Å². The molecule has 1 amide bonds. The zero-order valence-electron chi connectivity index (χ0n) is 9.18. The first-order valence-electron chi connectivity index (χ1n) is 5.09. The molecule has 16 heavy (non-hydrogen) atoms. The van der Waals surface area contributed by atoms with E-state index >= 15 is 0 Å². The molecule has 1 atom stereocenters. The van der Waals surface area contributed by atoms with Crippen molar-refractivity contribution < 1.29 is 9.00 Å². The number of carbonyl (C=O) groups is 1. The first kappa shape index (κ1) is 12.6. The van der Waals surface area contributed by atoms with E-state index in [-0.39, 0.29) is 5.91 Å². The van der Waals surface area contributed by atoms with Crippen LogP contribution in [0.15, 0.2) is 41.8 Å². The summed E-state index contributed by atoms with van der Waals surface area (Å²) >= 11 is 0. The normalized spacial score (nSPS) is 12.6. The second kappa shape index (κ2) is 6.95. The Kier molecular flexibility index (Phi) is 5.50. The van der Waals surface area contributed by atoms with Crippen LogP contribution in [0.2, 0.25) is 0 Å². The number of rotatable bonds is 5. The monoisotopic (exact) mass is 237 g/mol. The summed E-state index contributed by atoms with van der Waals surface area (Å²) in [6, 6.07) is 9.55. The molecule has 4 heteroatoms. The summed E-state index contributed by atoms with van der Waals surface area (Å²) in [5.41, 5.74) is 1.00. The van der Waals surface area contributed by atoms with Crippen LogP contribution in [0.1, 0.15) is 12.5 Å². The average molecular weight is 237 g/mol. The van der Waals surface area contributed by atoms with Crippen molar-refractivity contribution in [1.29, 1.82) is 0 Å². The van der Waals surface area contributed by atoms with Crippen molar-refractivity contribution in [2.45, 2.75) is 12.7 Å². The number of hydrogen-bond acceptors (Lipinski definition) is 2. The Bertz CT molecular complexity index is 387. The Morgan fingerprint density at radius 2 is 2.06 bits per heavy atom. The summed E-state index contributed by atoms with van der Waals surface area (Å²) in [6.45, 7) is 2.42. The van der Waals surface area contributed by atoms with Crippen LogP contribution in [0.4, 0.5) is 0 Å². The summed E-state index contributed by atoms with van der Waals surface area (Å²) < 4.78 is 11.6. The van der Waals surface area contributed by atoms with E-state index in [1.54, 1.807) is 0 Å². The predicted molar refractivity (Wildman–Crippen MR) is 66.1 cm³/mol. The van der Waals surface area contributed by atoms with Gasteiger partial charge in [-0.15, -0.1) is 0 Å². The smallest absolute Gasteiger partial charge is 0.244 e. The summed E-state index contributed by atoms with van der Waals surface area (Å²) in [4.78, 5) is 11.1. The molecule has 86 valence electrons. The Morgan fingerprint density at radius 3 is 2.69 bits per heavy atom. The van der Waals surface area contributed by atoms with Crippen molar-refractivity contribution in [2.75, 3.05) is 6.54 Å². The summed E-state index contributed by atoms with van der Waals surface area (Å²) in [5.74, 6) is 0.237. The van der Waals surface area contributed by atoms with Crippen LogP contribution in [0.25, 0.3) is 0 Å². The molecule has 1 N–H and O–H groups in total. The number of carbonyl (C=O) groups excluding carboxylic acids is 1. The third-order valence-corrected chi connectivity index (χ3v) is 2.93. The van der Waals surface area contributed by atoms with Gasteiger partial charge in [0.2, 0.25) is 5.91 Å². The molecule has 1 rings (SSSR count). The molecule has 0 saturated heterocycles. The van der Waals surface area contributed by atoms with E-state index in [4.69, 9.17) is 0 Å². The average Bonchev–Trinajstić information content (AvgIpc) is 2.28. The van der Waals surface area contributed by atoms with Crippen molar-refractivity contribution in [2.24, 2.45) is 0 Å². The fourth-order valence-corrected chi connectivity index (χ4v) is 2.05. The van der Waals surface area contributed by atoms with E-state index in [1.807, 2.05) is 37.3 Å². The van der Waals surface area contributed by atoms with E-state index < -0.39 is 10.8 Å². The standard InChI is InChI=1S/C12H15NO2S/c1-2-13-12(14)8-9-16(15)10-11-6-4-3-5-7-11/h3-9H,2,10H2,1H3,(H,13,14)/b9-8-. The zero-order valence-corrected chi connectivity index (χ0v) is 10.00. The van der Waals surface area contributed by atoms with Gasteiger partial charge in [-0.1, -0.05) is 30.3 Å². The van der Waals surface area contributed by atoms with Crippen LogP contribution in [0.5, 0.6) is 0 Å². The fraction of sp³-hybridized carbons (Fsp3) is 0.250. The van der Waals surface area contributed by atoms with Crippen molar-refractivity contribution in [1.82, 2.24) is 5.32 Å². The molecule has 0 aliphatic rings. The maximum atomic E-state index is 11.6. The Labute approximate surface area is 98.0 Å². The van der Waals surface area contributed by atoms with Gasteiger partial charge in [-0.2, -0.15) is 0 Å². The van der Waals surface area contributed by atoms with Gasteiger partial charge in [-0.3, -0.25) is 9.00 Å². The number of nitrogens with one attached hydrogen (secondary N) is 1. The number of benzene rings is 1. The third-order valence-electron chi connectivity index (χ3n) is 1.87. The van der Waals surface area contributed by atoms with Gasteiger partial charge in [0.25, 0.3) is 0 Å². The molecule has 0 aromatic heterocycles. The lowest BCUT2D eigenvalue weighted by Crippen LogP contribution is -2.19. The van der Waals surface area contributed by atoms with Gasteiger partial charge in [0.05, 0.1) is 16.6 Å².